The number of benzene rings is 1. The van der Waals surface area contributed by atoms with E-state index in [4.69, 9.17) is 0 Å². The summed E-state index contributed by atoms with van der Waals surface area (Å²) in [6.45, 7) is 1.99. The molecule has 7 heteroatoms. The number of aryl methyl sites for hydroxylation is 1. The van der Waals surface area contributed by atoms with Crippen molar-refractivity contribution < 1.29 is 9.18 Å². The number of hydrogen-bond acceptors (Lipinski definition) is 3. The number of carbonyl (C=O) groups excluding carboxylic acids is 1. The zero-order chi connectivity index (χ0) is 21.3. The van der Waals surface area contributed by atoms with Crippen LogP contribution in [-0.4, -0.2) is 21.5 Å². The van der Waals surface area contributed by atoms with E-state index in [2.05, 4.69) is 26.2 Å². The zero-order valence-corrected chi connectivity index (χ0v) is 18.3. The molecular weight excluding hydrogens is 449 g/mol. The number of nitrogens with zero attached hydrogens (tertiary/aromatic N) is 2. The summed E-state index contributed by atoms with van der Waals surface area (Å²) < 4.78 is 15.6. The van der Waals surface area contributed by atoms with Gasteiger partial charge in [0.1, 0.15) is 17.0 Å². The van der Waals surface area contributed by atoms with Gasteiger partial charge < -0.3 is 5.32 Å². The average molecular weight is 472 g/mol. The van der Waals surface area contributed by atoms with E-state index in [1.807, 2.05) is 6.07 Å². The summed E-state index contributed by atoms with van der Waals surface area (Å²) in [6, 6.07) is 7.96. The molecule has 1 fully saturated rings. The van der Waals surface area contributed by atoms with Crippen LogP contribution in [0.2, 0.25) is 0 Å². The molecule has 0 spiro atoms. The van der Waals surface area contributed by atoms with E-state index >= 15 is 0 Å². The Morgan fingerprint density at radius 1 is 1.23 bits per heavy atom. The molecule has 1 aromatic carbocycles. The second-order valence-electron chi connectivity index (χ2n) is 7.85. The van der Waals surface area contributed by atoms with Gasteiger partial charge >= 0.3 is 0 Å². The lowest BCUT2D eigenvalue weighted by molar-refractivity contribution is 0.0925. The van der Waals surface area contributed by atoms with Crippen LogP contribution in [0.15, 0.2) is 45.8 Å². The van der Waals surface area contributed by atoms with E-state index in [0.29, 0.717) is 11.2 Å². The van der Waals surface area contributed by atoms with E-state index in [0.717, 1.165) is 41.1 Å². The Labute approximate surface area is 182 Å². The topological polar surface area (TPSA) is 64.0 Å². The summed E-state index contributed by atoms with van der Waals surface area (Å²) in [7, 11) is 0. The van der Waals surface area contributed by atoms with Crippen molar-refractivity contribution in [1.29, 1.82) is 0 Å². The van der Waals surface area contributed by atoms with Crippen molar-refractivity contribution in [3.8, 4) is 0 Å². The van der Waals surface area contributed by atoms with E-state index < -0.39 is 0 Å². The average Bonchev–Trinajstić information content (AvgIpc) is 2.73. The van der Waals surface area contributed by atoms with Gasteiger partial charge in [-0.15, -0.1) is 0 Å². The minimum Gasteiger partial charge on any atom is -0.349 e. The van der Waals surface area contributed by atoms with Crippen LogP contribution in [0, 0.1) is 12.7 Å². The lowest BCUT2D eigenvalue weighted by atomic mass is 9.95. The predicted molar refractivity (Wildman–Crippen MR) is 118 cm³/mol. The van der Waals surface area contributed by atoms with E-state index in [9.17, 15) is 14.0 Å². The van der Waals surface area contributed by atoms with Gasteiger partial charge in [-0.1, -0.05) is 31.4 Å². The van der Waals surface area contributed by atoms with Gasteiger partial charge in [-0.2, -0.15) is 0 Å². The molecule has 4 rings (SSSR count). The highest BCUT2D eigenvalue weighted by molar-refractivity contribution is 9.10. The van der Waals surface area contributed by atoms with Gasteiger partial charge in [-0.05, 0) is 65.0 Å². The van der Waals surface area contributed by atoms with Crippen molar-refractivity contribution >= 4 is 32.9 Å². The molecule has 0 atom stereocenters. The maximum Gasteiger partial charge on any atom is 0.265 e. The Morgan fingerprint density at radius 2 is 1.93 bits per heavy atom. The number of aromatic nitrogens is 2. The third-order valence-electron chi connectivity index (χ3n) is 5.75. The van der Waals surface area contributed by atoms with Crippen molar-refractivity contribution in [2.45, 2.75) is 51.6 Å². The number of fused-ring (bicyclic) bond motifs is 1. The summed E-state index contributed by atoms with van der Waals surface area (Å²) in [6.07, 6.45) is 6.88. The lowest BCUT2D eigenvalue weighted by Gasteiger charge is -2.23. The van der Waals surface area contributed by atoms with Gasteiger partial charge in [0, 0.05) is 22.1 Å². The molecule has 2 heterocycles. The van der Waals surface area contributed by atoms with Crippen LogP contribution >= 0.6 is 15.9 Å². The first kappa shape index (κ1) is 20.7. The van der Waals surface area contributed by atoms with Crippen molar-refractivity contribution in [3.63, 3.8) is 0 Å². The molecule has 3 aromatic rings. The number of carbonyl (C=O) groups is 1. The predicted octanol–water partition coefficient (Wildman–Crippen LogP) is 4.72. The Kier molecular flexibility index (Phi) is 5.99. The van der Waals surface area contributed by atoms with E-state index in [-0.39, 0.29) is 35.4 Å². The standard InChI is InChI=1S/C23H23BrFN3O2/c1-14-19-11-16(24)12-26-21(19)28(13-15-7-9-17(25)10-8-15)23(30)20(14)22(29)27-18-5-3-2-4-6-18/h7-12,18H,2-6,13H2,1H3,(H,27,29). The minimum atomic E-state index is -0.382. The summed E-state index contributed by atoms with van der Waals surface area (Å²) >= 11 is 3.43. The smallest absolute Gasteiger partial charge is 0.265 e. The van der Waals surface area contributed by atoms with Crippen molar-refractivity contribution in [2.24, 2.45) is 0 Å². The lowest BCUT2D eigenvalue weighted by Crippen LogP contribution is -2.40. The molecular formula is C23H23BrFN3O2. The summed E-state index contributed by atoms with van der Waals surface area (Å²) in [5.74, 6) is -0.673. The third kappa shape index (κ3) is 4.17. The highest BCUT2D eigenvalue weighted by Gasteiger charge is 2.24. The number of rotatable bonds is 4. The largest absolute Gasteiger partial charge is 0.349 e. The molecule has 1 aliphatic rings. The van der Waals surface area contributed by atoms with Gasteiger partial charge in [0.05, 0.1) is 6.54 Å². The number of nitrogens with one attached hydrogen (secondary N) is 1. The fraction of sp³-hybridized carbons (Fsp3) is 0.348. The summed E-state index contributed by atoms with van der Waals surface area (Å²) in [5, 5.41) is 3.80. The molecule has 1 aliphatic carbocycles. The van der Waals surface area contributed by atoms with Crippen LogP contribution in [0.4, 0.5) is 4.39 Å². The molecule has 0 aliphatic heterocycles. The first-order chi connectivity index (χ1) is 14.4. The van der Waals surface area contributed by atoms with Crippen LogP contribution in [0.1, 0.15) is 53.6 Å². The third-order valence-corrected chi connectivity index (χ3v) is 6.18. The minimum absolute atomic E-state index is 0.104. The summed E-state index contributed by atoms with van der Waals surface area (Å²) in [5.41, 5.74) is 1.64. The fourth-order valence-electron chi connectivity index (χ4n) is 4.14. The van der Waals surface area contributed by atoms with Crippen molar-refractivity contribution in [1.82, 2.24) is 14.9 Å². The number of hydrogen-bond donors (Lipinski definition) is 1. The normalized spacial score (nSPS) is 14.8. The van der Waals surface area contributed by atoms with Gasteiger partial charge in [-0.3, -0.25) is 14.2 Å². The van der Waals surface area contributed by atoms with Crippen molar-refractivity contribution in [3.05, 3.63) is 73.9 Å². The molecule has 2 aromatic heterocycles. The molecule has 30 heavy (non-hydrogen) atoms. The first-order valence-electron chi connectivity index (χ1n) is 10.2. The van der Waals surface area contributed by atoms with Crippen LogP contribution in [0.3, 0.4) is 0 Å². The molecule has 1 N–H and O–H groups in total. The van der Waals surface area contributed by atoms with Gasteiger partial charge in [0.25, 0.3) is 11.5 Å². The van der Waals surface area contributed by atoms with Crippen molar-refractivity contribution in [2.75, 3.05) is 0 Å². The van der Waals surface area contributed by atoms with Crippen LogP contribution in [0.25, 0.3) is 11.0 Å². The first-order valence-corrected chi connectivity index (χ1v) is 11.0. The molecule has 0 bridgehead atoms. The highest BCUT2D eigenvalue weighted by atomic mass is 79.9. The molecule has 0 unspecified atom stereocenters. The summed E-state index contributed by atoms with van der Waals surface area (Å²) in [4.78, 5) is 31.0. The van der Waals surface area contributed by atoms with Crippen LogP contribution in [-0.2, 0) is 6.54 Å². The van der Waals surface area contributed by atoms with Gasteiger partial charge in [0.15, 0.2) is 0 Å². The SMILES string of the molecule is Cc1c(C(=O)NC2CCCCC2)c(=O)n(Cc2ccc(F)cc2)c2ncc(Br)cc12. The van der Waals surface area contributed by atoms with Crippen LogP contribution in [0.5, 0.6) is 0 Å². The number of amides is 1. The molecule has 1 saturated carbocycles. The molecule has 0 saturated heterocycles. The Hall–Kier alpha value is -2.54. The van der Waals surface area contributed by atoms with Crippen LogP contribution < -0.4 is 10.9 Å². The number of pyridine rings is 2. The number of halogens is 2. The van der Waals surface area contributed by atoms with E-state index in [1.54, 1.807) is 25.3 Å². The Bertz CT molecular complexity index is 1150. The molecule has 156 valence electrons. The fourth-order valence-corrected chi connectivity index (χ4v) is 4.47. The maximum absolute atomic E-state index is 13.4. The second-order valence-corrected chi connectivity index (χ2v) is 8.77. The molecule has 5 nitrogen and oxygen atoms in total. The van der Waals surface area contributed by atoms with E-state index in [1.165, 1.54) is 23.1 Å². The quantitative estimate of drug-likeness (QED) is 0.598. The maximum atomic E-state index is 13.4. The van der Waals surface area contributed by atoms with Gasteiger partial charge in [-0.25, -0.2) is 9.37 Å². The Balaban J connectivity index is 1.82. The Morgan fingerprint density at radius 3 is 2.63 bits per heavy atom. The molecule has 0 radical (unpaired) electrons. The highest BCUT2D eigenvalue weighted by Crippen LogP contribution is 2.23. The van der Waals surface area contributed by atoms with Gasteiger partial charge in [0.2, 0.25) is 0 Å². The molecule has 1 amide bonds. The monoisotopic (exact) mass is 471 g/mol. The zero-order valence-electron chi connectivity index (χ0n) is 16.8. The second kappa shape index (κ2) is 8.68.